The zero-order valence-electron chi connectivity index (χ0n) is 24.6. The Hall–Kier alpha value is -4.44. The summed E-state index contributed by atoms with van der Waals surface area (Å²) < 4.78 is 5.51. The van der Waals surface area contributed by atoms with Gasteiger partial charge >= 0.3 is 0 Å². The lowest BCUT2D eigenvalue weighted by Gasteiger charge is -2.21. The van der Waals surface area contributed by atoms with Crippen LogP contribution in [0, 0.1) is 5.92 Å². The van der Waals surface area contributed by atoms with Crippen LogP contribution in [0.25, 0.3) is 22.5 Å². The largest absolute Gasteiger partial charge is 0.487 e. The molecule has 2 amide bonds. The Morgan fingerprint density at radius 3 is 2.35 bits per heavy atom. The molecule has 224 valence electrons. The van der Waals surface area contributed by atoms with Gasteiger partial charge in [-0.1, -0.05) is 105 Å². The van der Waals surface area contributed by atoms with Crippen molar-refractivity contribution in [3.63, 3.8) is 0 Å². The molecule has 1 aromatic heterocycles. The molecule has 10 heteroatoms. The van der Waals surface area contributed by atoms with E-state index in [4.69, 9.17) is 17.0 Å². The van der Waals surface area contributed by atoms with E-state index in [1.807, 2.05) is 78.9 Å². The molecule has 2 unspecified atom stereocenters. The molecule has 0 spiro atoms. The fourth-order valence-corrected chi connectivity index (χ4v) is 4.99. The average molecular weight is 599 g/mol. The summed E-state index contributed by atoms with van der Waals surface area (Å²) >= 11 is 5.04. The van der Waals surface area contributed by atoms with E-state index in [0.29, 0.717) is 17.3 Å². The number of hydrogen-bond acceptors (Lipinski definition) is 7. The molecule has 0 fully saturated rings. The molecule has 0 bridgehead atoms. The number of unbranched alkanes of at least 4 members (excludes halogenated alkanes) is 2. The average Bonchev–Trinajstić information content (AvgIpc) is 3.57. The first-order chi connectivity index (χ1) is 20.9. The third kappa shape index (κ3) is 9.54. The number of benzene rings is 3. The van der Waals surface area contributed by atoms with Crippen molar-refractivity contribution in [1.82, 2.24) is 31.3 Å². The highest BCUT2D eigenvalue weighted by Crippen LogP contribution is 2.31. The van der Waals surface area contributed by atoms with Crippen LogP contribution in [0.4, 0.5) is 0 Å². The molecule has 9 nitrogen and oxygen atoms in total. The predicted molar refractivity (Wildman–Crippen MR) is 171 cm³/mol. The van der Waals surface area contributed by atoms with E-state index in [-0.39, 0.29) is 31.0 Å². The van der Waals surface area contributed by atoms with E-state index < -0.39 is 5.92 Å². The number of thiocarbonyl (C=S) groups is 1. The summed E-state index contributed by atoms with van der Waals surface area (Å²) in [6, 6.07) is 25.6. The number of aromatic amines is 1. The number of nitrogens with zero attached hydrogens (tertiary/aromatic N) is 3. The third-order valence-corrected chi connectivity index (χ3v) is 7.29. The highest BCUT2D eigenvalue weighted by atomic mass is 32.1. The molecule has 3 N–H and O–H groups in total. The number of carbonyl (C=O) groups is 2. The number of rotatable bonds is 15. The summed E-state index contributed by atoms with van der Waals surface area (Å²) in [7, 11) is 0. The molecular formula is C33H38N6O3S. The third-order valence-electron chi connectivity index (χ3n) is 7.18. The first kappa shape index (κ1) is 31.5. The molecule has 0 aliphatic heterocycles. The van der Waals surface area contributed by atoms with Gasteiger partial charge in [0, 0.05) is 12.5 Å². The maximum atomic E-state index is 13.1. The Labute approximate surface area is 257 Å². The number of nitrogens with one attached hydrogen (secondary N) is 3. The summed E-state index contributed by atoms with van der Waals surface area (Å²) in [5.41, 5.74) is 4.89. The molecule has 0 saturated carbocycles. The van der Waals surface area contributed by atoms with Crippen molar-refractivity contribution in [2.75, 3.05) is 13.2 Å². The van der Waals surface area contributed by atoms with Crippen molar-refractivity contribution in [3.05, 3.63) is 90.0 Å². The lowest BCUT2D eigenvalue weighted by atomic mass is 9.95. The summed E-state index contributed by atoms with van der Waals surface area (Å²) in [5, 5.41) is 20.8. The van der Waals surface area contributed by atoms with E-state index >= 15 is 0 Å². The van der Waals surface area contributed by atoms with Gasteiger partial charge in [-0.25, -0.2) is 0 Å². The van der Waals surface area contributed by atoms with Gasteiger partial charge in [-0.05, 0) is 52.5 Å². The number of H-pyrrole nitrogens is 1. The molecule has 0 aliphatic carbocycles. The molecule has 0 radical (unpaired) electrons. The lowest BCUT2D eigenvalue weighted by molar-refractivity contribution is -0.129. The van der Waals surface area contributed by atoms with Gasteiger partial charge in [0.1, 0.15) is 6.61 Å². The topological polar surface area (TPSA) is 122 Å². The molecule has 0 saturated heterocycles. The number of amides is 2. The van der Waals surface area contributed by atoms with Gasteiger partial charge < -0.3 is 15.4 Å². The SMILES string of the molecule is CCCCCC(NC(=O)CNC(=O)C(COC(C)=S)Cc1ccccc1)c1ccc(-c2ccccc2-c2nn[nH]n2)cc1. The fraction of sp³-hybridized carbons (Fsp3) is 0.333. The van der Waals surface area contributed by atoms with Crippen LogP contribution in [0.2, 0.25) is 0 Å². The lowest BCUT2D eigenvalue weighted by Crippen LogP contribution is -2.42. The molecular weight excluding hydrogens is 560 g/mol. The van der Waals surface area contributed by atoms with Gasteiger partial charge in [-0.15, -0.1) is 10.2 Å². The van der Waals surface area contributed by atoms with Gasteiger partial charge in [0.25, 0.3) is 0 Å². The number of tetrazole rings is 1. The van der Waals surface area contributed by atoms with E-state index in [0.717, 1.165) is 53.5 Å². The highest BCUT2D eigenvalue weighted by Gasteiger charge is 2.22. The van der Waals surface area contributed by atoms with Crippen LogP contribution in [0.1, 0.15) is 56.7 Å². The minimum Gasteiger partial charge on any atom is -0.487 e. The van der Waals surface area contributed by atoms with Gasteiger partial charge in [-0.2, -0.15) is 5.21 Å². The van der Waals surface area contributed by atoms with Crippen LogP contribution in [0.5, 0.6) is 0 Å². The summed E-state index contributed by atoms with van der Waals surface area (Å²) in [6.45, 7) is 3.86. The molecule has 3 aromatic carbocycles. The van der Waals surface area contributed by atoms with Crippen molar-refractivity contribution >= 4 is 29.1 Å². The van der Waals surface area contributed by atoms with Crippen LogP contribution in [-0.4, -0.2) is 50.6 Å². The van der Waals surface area contributed by atoms with Gasteiger partial charge in [0.05, 0.1) is 18.5 Å². The Kier molecular flexibility index (Phi) is 11.9. The number of ether oxygens (including phenoxy) is 1. The molecule has 43 heavy (non-hydrogen) atoms. The second-order valence-corrected chi connectivity index (χ2v) is 11.0. The van der Waals surface area contributed by atoms with Gasteiger partial charge in [0.2, 0.25) is 17.6 Å². The van der Waals surface area contributed by atoms with Crippen molar-refractivity contribution in [1.29, 1.82) is 0 Å². The van der Waals surface area contributed by atoms with Crippen LogP contribution in [-0.2, 0) is 20.7 Å². The molecule has 4 aromatic rings. The zero-order chi connectivity index (χ0) is 30.4. The standard InChI is InChI=1S/C33H38N6O3S/c1-3-4-6-15-30(26-18-16-25(17-19-26)28-13-9-10-14-29(28)32-36-38-39-37-32)35-31(40)21-34-33(41)27(22-42-23(2)43)20-24-11-7-5-8-12-24/h5,7-14,16-19,27,30H,3-4,6,15,20-22H2,1-2H3,(H,34,41)(H,35,40)(H,36,37,38,39). The van der Waals surface area contributed by atoms with Crippen LogP contribution >= 0.6 is 12.2 Å². The maximum Gasteiger partial charge on any atom is 0.239 e. The normalized spacial score (nSPS) is 12.2. The summed E-state index contributed by atoms with van der Waals surface area (Å²) in [5.74, 6) is -0.438. The second-order valence-electron chi connectivity index (χ2n) is 10.4. The zero-order valence-corrected chi connectivity index (χ0v) is 25.4. The van der Waals surface area contributed by atoms with E-state index in [2.05, 4.69) is 38.2 Å². The second kappa shape index (κ2) is 16.3. The smallest absolute Gasteiger partial charge is 0.239 e. The summed E-state index contributed by atoms with van der Waals surface area (Å²) in [6.07, 6.45) is 4.40. The Balaban J connectivity index is 1.42. The first-order valence-electron chi connectivity index (χ1n) is 14.6. The maximum absolute atomic E-state index is 13.1. The number of aromatic nitrogens is 4. The van der Waals surface area contributed by atoms with E-state index in [9.17, 15) is 9.59 Å². The van der Waals surface area contributed by atoms with Crippen molar-refractivity contribution < 1.29 is 14.3 Å². The molecule has 4 rings (SSSR count). The predicted octanol–water partition coefficient (Wildman–Crippen LogP) is 5.61. The van der Waals surface area contributed by atoms with Gasteiger partial charge in [0.15, 0.2) is 5.05 Å². The number of carbonyl (C=O) groups excluding carboxylic acids is 2. The molecule has 0 aliphatic rings. The van der Waals surface area contributed by atoms with E-state index in [1.54, 1.807) is 6.92 Å². The van der Waals surface area contributed by atoms with Crippen molar-refractivity contribution in [3.8, 4) is 22.5 Å². The molecule has 2 atom stereocenters. The van der Waals surface area contributed by atoms with Gasteiger partial charge in [-0.3, -0.25) is 9.59 Å². The first-order valence-corrected chi connectivity index (χ1v) is 15.0. The Bertz CT molecular complexity index is 1460. The molecule has 1 heterocycles. The summed E-state index contributed by atoms with van der Waals surface area (Å²) in [4.78, 5) is 26.2. The van der Waals surface area contributed by atoms with Crippen LogP contribution < -0.4 is 10.6 Å². The quantitative estimate of drug-likeness (QED) is 0.120. The fourth-order valence-electron chi connectivity index (χ4n) is 4.92. The minimum atomic E-state index is -0.476. The Morgan fingerprint density at radius 2 is 1.67 bits per heavy atom. The highest BCUT2D eigenvalue weighted by molar-refractivity contribution is 7.80. The van der Waals surface area contributed by atoms with Crippen molar-refractivity contribution in [2.24, 2.45) is 5.92 Å². The van der Waals surface area contributed by atoms with E-state index in [1.165, 1.54) is 0 Å². The Morgan fingerprint density at radius 1 is 0.953 bits per heavy atom. The van der Waals surface area contributed by atoms with Crippen molar-refractivity contribution in [2.45, 2.75) is 52.0 Å². The number of hydrogen-bond donors (Lipinski definition) is 3. The van der Waals surface area contributed by atoms with Crippen LogP contribution in [0.15, 0.2) is 78.9 Å². The minimum absolute atomic E-state index is 0.124. The monoisotopic (exact) mass is 598 g/mol. The van der Waals surface area contributed by atoms with Crippen LogP contribution in [0.3, 0.4) is 0 Å².